The summed E-state index contributed by atoms with van der Waals surface area (Å²) in [6.45, 7) is -0.268. The monoisotopic (exact) mass is 232 g/mol. The highest BCUT2D eigenvalue weighted by molar-refractivity contribution is 5.25. The molecule has 0 fully saturated rings. The molecule has 0 radical (unpaired) electrons. The Morgan fingerprint density at radius 1 is 1.53 bits per heavy atom. The normalized spacial score (nSPS) is 11.8. The second-order valence-corrected chi connectivity index (χ2v) is 3.11. The molecular weight excluding hydrogens is 224 g/mol. The van der Waals surface area contributed by atoms with Crippen molar-refractivity contribution in [2.75, 3.05) is 6.61 Å². The molecule has 0 aromatic carbocycles. The Balaban J connectivity index is 2.26. The van der Waals surface area contributed by atoms with Gasteiger partial charge in [-0.15, -0.1) is 5.10 Å². The van der Waals surface area contributed by atoms with Crippen LogP contribution in [0.25, 0.3) is 16.3 Å². The average Bonchev–Trinajstić information content (AvgIpc) is 2.90. The van der Waals surface area contributed by atoms with Crippen molar-refractivity contribution in [3.05, 3.63) is 40.7 Å². The maximum Gasteiger partial charge on any atom is 0.156 e. The molecule has 0 saturated heterocycles. The van der Waals surface area contributed by atoms with E-state index in [9.17, 15) is 0 Å². The lowest BCUT2D eigenvalue weighted by Gasteiger charge is -2.07. The van der Waals surface area contributed by atoms with Crippen LogP contribution in [0.5, 0.6) is 0 Å². The van der Waals surface area contributed by atoms with E-state index >= 15 is 0 Å². The van der Waals surface area contributed by atoms with E-state index in [4.69, 9.17) is 10.6 Å². The number of tetrazole rings is 1. The fourth-order valence-electron chi connectivity index (χ4n) is 1.27. The van der Waals surface area contributed by atoms with Crippen molar-refractivity contribution < 1.29 is 5.11 Å². The first-order chi connectivity index (χ1) is 8.35. The SMILES string of the molecule is [N-]=[N+]=N[C@H](CO)c1ccc(-n2cnnn2)nc1. The molecule has 1 N–H and O–H groups in total. The summed E-state index contributed by atoms with van der Waals surface area (Å²) in [4.78, 5) is 6.75. The lowest BCUT2D eigenvalue weighted by atomic mass is 10.1. The van der Waals surface area contributed by atoms with Gasteiger partial charge in [0.1, 0.15) is 6.33 Å². The highest BCUT2D eigenvalue weighted by atomic mass is 16.3. The Morgan fingerprint density at radius 3 is 2.94 bits per heavy atom. The van der Waals surface area contributed by atoms with Gasteiger partial charge in [-0.3, -0.25) is 0 Å². The van der Waals surface area contributed by atoms with E-state index in [-0.39, 0.29) is 6.61 Å². The molecule has 2 aromatic rings. The molecule has 86 valence electrons. The van der Waals surface area contributed by atoms with E-state index in [0.717, 1.165) is 0 Å². The number of hydrogen-bond acceptors (Lipinski definition) is 6. The van der Waals surface area contributed by atoms with Crippen molar-refractivity contribution in [1.82, 2.24) is 25.2 Å². The number of azide groups is 1. The summed E-state index contributed by atoms with van der Waals surface area (Å²) in [6, 6.07) is 2.73. The van der Waals surface area contributed by atoms with Crippen LogP contribution in [0.15, 0.2) is 29.8 Å². The molecule has 1 atom stereocenters. The third-order valence-electron chi connectivity index (χ3n) is 2.10. The number of pyridine rings is 1. The maximum atomic E-state index is 9.03. The van der Waals surface area contributed by atoms with Crippen LogP contribution in [0.1, 0.15) is 11.6 Å². The average molecular weight is 232 g/mol. The van der Waals surface area contributed by atoms with E-state index < -0.39 is 6.04 Å². The third-order valence-corrected chi connectivity index (χ3v) is 2.10. The minimum Gasteiger partial charge on any atom is -0.396 e. The Labute approximate surface area is 95.3 Å². The van der Waals surface area contributed by atoms with Gasteiger partial charge in [-0.2, -0.15) is 4.68 Å². The molecule has 0 unspecified atom stereocenters. The molecule has 0 aliphatic heterocycles. The lowest BCUT2D eigenvalue weighted by molar-refractivity contribution is 0.267. The molecule has 0 saturated carbocycles. The van der Waals surface area contributed by atoms with Gasteiger partial charge in [0, 0.05) is 11.1 Å². The highest BCUT2D eigenvalue weighted by Crippen LogP contribution is 2.16. The van der Waals surface area contributed by atoms with Crippen LogP contribution in [-0.2, 0) is 0 Å². The van der Waals surface area contributed by atoms with E-state index in [0.29, 0.717) is 11.4 Å². The molecule has 2 rings (SSSR count). The second-order valence-electron chi connectivity index (χ2n) is 3.11. The van der Waals surface area contributed by atoms with Gasteiger partial charge in [-0.25, -0.2) is 4.98 Å². The zero-order chi connectivity index (χ0) is 12.1. The van der Waals surface area contributed by atoms with Gasteiger partial charge < -0.3 is 5.11 Å². The fourth-order valence-corrected chi connectivity index (χ4v) is 1.27. The number of aromatic nitrogens is 5. The third kappa shape index (κ3) is 2.36. The van der Waals surface area contributed by atoms with Gasteiger partial charge in [0.25, 0.3) is 0 Å². The predicted octanol–water partition coefficient (Wildman–Crippen LogP) is 0.401. The van der Waals surface area contributed by atoms with E-state index in [1.165, 1.54) is 17.2 Å². The van der Waals surface area contributed by atoms with Gasteiger partial charge in [-0.1, -0.05) is 11.2 Å². The number of aliphatic hydroxyl groups is 1. The van der Waals surface area contributed by atoms with Crippen LogP contribution < -0.4 is 0 Å². The summed E-state index contributed by atoms with van der Waals surface area (Å²) in [5.74, 6) is 0.538. The van der Waals surface area contributed by atoms with Crippen LogP contribution in [0.2, 0.25) is 0 Å². The first-order valence-corrected chi connectivity index (χ1v) is 4.69. The van der Waals surface area contributed by atoms with Crippen LogP contribution in [0.3, 0.4) is 0 Å². The Hall–Kier alpha value is -2.51. The Bertz CT molecular complexity index is 515. The molecule has 0 aliphatic carbocycles. The van der Waals surface area contributed by atoms with Crippen molar-refractivity contribution in [3.63, 3.8) is 0 Å². The second kappa shape index (κ2) is 5.01. The molecule has 0 amide bonds. The maximum absolute atomic E-state index is 9.03. The van der Waals surface area contributed by atoms with E-state index in [1.807, 2.05) is 0 Å². The molecule has 0 bridgehead atoms. The minimum absolute atomic E-state index is 0.268. The number of aliphatic hydroxyl groups excluding tert-OH is 1. The predicted molar refractivity (Wildman–Crippen MR) is 55.9 cm³/mol. The van der Waals surface area contributed by atoms with Gasteiger partial charge in [0.15, 0.2) is 5.82 Å². The number of rotatable bonds is 4. The van der Waals surface area contributed by atoms with Crippen molar-refractivity contribution in [3.8, 4) is 5.82 Å². The van der Waals surface area contributed by atoms with E-state index in [2.05, 4.69) is 30.5 Å². The summed E-state index contributed by atoms with van der Waals surface area (Å²) >= 11 is 0. The topological polar surface area (TPSA) is 125 Å². The molecule has 17 heavy (non-hydrogen) atoms. The first-order valence-electron chi connectivity index (χ1n) is 4.69. The number of nitrogens with zero attached hydrogens (tertiary/aromatic N) is 8. The summed E-state index contributed by atoms with van der Waals surface area (Å²) in [6.07, 6.45) is 2.92. The summed E-state index contributed by atoms with van der Waals surface area (Å²) < 4.78 is 1.39. The number of hydrogen-bond donors (Lipinski definition) is 1. The standard InChI is InChI=1S/C8H8N8O/c9-13-12-7(4-17)6-1-2-8(10-3-6)16-5-11-14-15-16/h1-3,5,7,17H,4H2/t7-/m1/s1. The van der Waals surface area contributed by atoms with Gasteiger partial charge in [0.05, 0.1) is 12.6 Å². The van der Waals surface area contributed by atoms with Gasteiger partial charge in [0.2, 0.25) is 0 Å². The molecule has 0 aliphatic rings. The first kappa shape index (κ1) is 11.0. The van der Waals surface area contributed by atoms with Crippen LogP contribution in [-0.4, -0.2) is 36.9 Å². The molecule has 9 nitrogen and oxygen atoms in total. The van der Waals surface area contributed by atoms with Gasteiger partial charge >= 0.3 is 0 Å². The Morgan fingerprint density at radius 2 is 2.41 bits per heavy atom. The quantitative estimate of drug-likeness (QED) is 0.464. The Kier molecular flexibility index (Phi) is 3.24. The van der Waals surface area contributed by atoms with Crippen LogP contribution in [0, 0.1) is 0 Å². The van der Waals surface area contributed by atoms with E-state index in [1.54, 1.807) is 12.1 Å². The fraction of sp³-hybridized carbons (Fsp3) is 0.250. The zero-order valence-electron chi connectivity index (χ0n) is 8.62. The lowest BCUT2D eigenvalue weighted by Crippen LogP contribution is -2.03. The van der Waals surface area contributed by atoms with Crippen molar-refractivity contribution in [2.24, 2.45) is 5.11 Å². The zero-order valence-corrected chi connectivity index (χ0v) is 8.62. The molecule has 2 aromatic heterocycles. The van der Waals surface area contributed by atoms with Crippen molar-refractivity contribution in [2.45, 2.75) is 6.04 Å². The minimum atomic E-state index is -0.629. The van der Waals surface area contributed by atoms with Gasteiger partial charge in [-0.05, 0) is 27.6 Å². The molecular formula is C8H8N8O. The van der Waals surface area contributed by atoms with Crippen LogP contribution >= 0.6 is 0 Å². The van der Waals surface area contributed by atoms with Crippen LogP contribution in [0.4, 0.5) is 0 Å². The largest absolute Gasteiger partial charge is 0.396 e. The molecule has 0 spiro atoms. The molecule has 9 heteroatoms. The summed E-state index contributed by atoms with van der Waals surface area (Å²) in [5.41, 5.74) is 8.96. The molecule has 2 heterocycles. The summed E-state index contributed by atoms with van der Waals surface area (Å²) in [7, 11) is 0. The van der Waals surface area contributed by atoms with Crippen molar-refractivity contribution >= 4 is 0 Å². The smallest absolute Gasteiger partial charge is 0.156 e. The highest BCUT2D eigenvalue weighted by Gasteiger charge is 2.09. The van der Waals surface area contributed by atoms with Crippen molar-refractivity contribution in [1.29, 1.82) is 0 Å². The summed E-state index contributed by atoms with van der Waals surface area (Å²) in [5, 5.41) is 23.1.